The van der Waals surface area contributed by atoms with Gasteiger partial charge in [0.2, 0.25) is 5.91 Å². The second kappa shape index (κ2) is 11.4. The van der Waals surface area contributed by atoms with Crippen LogP contribution in [-0.4, -0.2) is 28.8 Å². The molecule has 0 bridgehead atoms. The second-order valence-electron chi connectivity index (χ2n) is 9.25. The molecule has 1 aliphatic heterocycles. The van der Waals surface area contributed by atoms with E-state index in [1.165, 1.54) is 11.2 Å². The average Bonchev–Trinajstić information content (AvgIpc) is 3.56. The van der Waals surface area contributed by atoms with Gasteiger partial charge in [-0.15, -0.1) is 0 Å². The highest BCUT2D eigenvalue weighted by atomic mass is 35.5. The molecule has 0 unspecified atom stereocenters. The quantitative estimate of drug-likeness (QED) is 0.289. The van der Waals surface area contributed by atoms with E-state index in [-0.39, 0.29) is 19.0 Å². The number of nitrogens with one attached hydrogen (secondary N) is 2. The molecule has 9 heteroatoms. The number of carbonyl (C=O) groups is 3. The fourth-order valence-electron chi connectivity index (χ4n) is 4.52. The van der Waals surface area contributed by atoms with Crippen molar-refractivity contribution in [2.24, 2.45) is 0 Å². The van der Waals surface area contributed by atoms with Gasteiger partial charge in [0.15, 0.2) is 12.1 Å². The van der Waals surface area contributed by atoms with Crippen molar-refractivity contribution in [2.45, 2.75) is 32.2 Å². The largest absolute Gasteiger partial charge is 0.467 e. The molecule has 1 aliphatic rings. The van der Waals surface area contributed by atoms with E-state index >= 15 is 0 Å². The molecule has 3 aromatic carbocycles. The van der Waals surface area contributed by atoms with Crippen LogP contribution in [0.5, 0.6) is 0 Å². The fraction of sp³-hybridized carbons (Fsp3) is 0.167. The van der Waals surface area contributed by atoms with Crippen molar-refractivity contribution in [1.29, 1.82) is 0 Å². The summed E-state index contributed by atoms with van der Waals surface area (Å²) < 4.78 is 11.1. The zero-order valence-corrected chi connectivity index (χ0v) is 21.9. The Morgan fingerprint density at radius 3 is 2.56 bits per heavy atom. The highest BCUT2D eigenvalue weighted by molar-refractivity contribution is 6.30. The monoisotopic (exact) mass is 543 g/mol. The van der Waals surface area contributed by atoms with Gasteiger partial charge in [-0.2, -0.15) is 0 Å². The number of benzene rings is 3. The van der Waals surface area contributed by atoms with Crippen molar-refractivity contribution in [1.82, 2.24) is 10.2 Å². The van der Waals surface area contributed by atoms with Crippen LogP contribution in [0.2, 0.25) is 5.02 Å². The molecule has 1 fully saturated rings. The van der Waals surface area contributed by atoms with Crippen LogP contribution in [0, 0.1) is 6.92 Å². The molecule has 0 saturated carbocycles. The molecule has 3 amide bonds. The summed E-state index contributed by atoms with van der Waals surface area (Å²) in [6, 6.07) is 23.8. The van der Waals surface area contributed by atoms with Gasteiger partial charge in [0, 0.05) is 16.3 Å². The molecule has 0 aliphatic carbocycles. The number of hydrogen-bond acceptors (Lipinski definition) is 5. The lowest BCUT2D eigenvalue weighted by atomic mass is 10.00. The predicted octanol–water partition coefficient (Wildman–Crippen LogP) is 5.87. The third-order valence-electron chi connectivity index (χ3n) is 6.37. The number of hydrogen-bond donors (Lipinski definition) is 2. The van der Waals surface area contributed by atoms with Crippen LogP contribution in [0.1, 0.15) is 38.9 Å². The molecule has 1 aromatic heterocycles. The van der Waals surface area contributed by atoms with E-state index in [0.29, 0.717) is 27.6 Å². The Kier molecular flexibility index (Phi) is 7.65. The lowest BCUT2D eigenvalue weighted by molar-refractivity contribution is -0.126. The molecule has 39 heavy (non-hydrogen) atoms. The topological polar surface area (TPSA) is 101 Å². The molecule has 4 aromatic rings. The third-order valence-corrected chi connectivity index (χ3v) is 6.60. The first-order valence-corrected chi connectivity index (χ1v) is 12.7. The number of amides is 3. The lowest BCUT2D eigenvalue weighted by Gasteiger charge is -2.24. The number of anilines is 1. The summed E-state index contributed by atoms with van der Waals surface area (Å²) in [7, 11) is 0. The minimum atomic E-state index is -0.978. The molecule has 2 atom stereocenters. The highest BCUT2D eigenvalue weighted by Gasteiger charge is 2.47. The van der Waals surface area contributed by atoms with Gasteiger partial charge < -0.3 is 19.8 Å². The van der Waals surface area contributed by atoms with Crippen LogP contribution in [0.3, 0.4) is 0 Å². The van der Waals surface area contributed by atoms with Gasteiger partial charge in [-0.25, -0.2) is 4.79 Å². The smallest absolute Gasteiger partial charge is 0.411 e. The summed E-state index contributed by atoms with van der Waals surface area (Å²) in [5, 5.41) is 6.25. The maximum absolute atomic E-state index is 13.5. The molecule has 2 heterocycles. The SMILES string of the molecule is Cc1cccc(C(=O)Nc2cccc([C@H]3OC(=O)N(Cc4cccc(Cl)c4)[C@H]3C(=O)NCc3ccco3)c2)c1. The zero-order valence-electron chi connectivity index (χ0n) is 21.1. The van der Waals surface area contributed by atoms with Crippen LogP contribution >= 0.6 is 11.6 Å². The van der Waals surface area contributed by atoms with E-state index in [4.69, 9.17) is 20.8 Å². The lowest BCUT2D eigenvalue weighted by Crippen LogP contribution is -2.46. The van der Waals surface area contributed by atoms with E-state index in [9.17, 15) is 14.4 Å². The summed E-state index contributed by atoms with van der Waals surface area (Å²) in [5.41, 5.74) is 3.33. The maximum Gasteiger partial charge on any atom is 0.411 e. The van der Waals surface area contributed by atoms with Crippen LogP contribution in [0.15, 0.2) is 95.6 Å². The number of rotatable bonds is 8. The van der Waals surface area contributed by atoms with Gasteiger partial charge in [-0.05, 0) is 66.6 Å². The van der Waals surface area contributed by atoms with Crippen molar-refractivity contribution < 1.29 is 23.5 Å². The number of carbonyl (C=O) groups excluding carboxylic acids is 3. The number of nitrogens with zero attached hydrogens (tertiary/aromatic N) is 1. The molecular weight excluding hydrogens is 518 g/mol. The second-order valence-corrected chi connectivity index (χ2v) is 9.69. The van der Waals surface area contributed by atoms with E-state index in [1.54, 1.807) is 66.7 Å². The summed E-state index contributed by atoms with van der Waals surface area (Å²) in [5.74, 6) is -0.0968. The van der Waals surface area contributed by atoms with Gasteiger partial charge in [-0.1, -0.05) is 53.6 Å². The van der Waals surface area contributed by atoms with Crippen molar-refractivity contribution in [3.05, 3.63) is 124 Å². The van der Waals surface area contributed by atoms with Crippen molar-refractivity contribution in [2.75, 3.05) is 5.32 Å². The van der Waals surface area contributed by atoms with Crippen LogP contribution < -0.4 is 10.6 Å². The molecule has 1 saturated heterocycles. The number of aryl methyl sites for hydroxylation is 1. The first kappa shape index (κ1) is 26.1. The Bertz CT molecular complexity index is 1500. The van der Waals surface area contributed by atoms with E-state index in [1.807, 2.05) is 25.1 Å². The zero-order chi connectivity index (χ0) is 27.4. The van der Waals surface area contributed by atoms with E-state index in [2.05, 4.69) is 10.6 Å². The average molecular weight is 544 g/mol. The van der Waals surface area contributed by atoms with Gasteiger partial charge >= 0.3 is 6.09 Å². The van der Waals surface area contributed by atoms with Gasteiger partial charge in [0.05, 0.1) is 19.4 Å². The Morgan fingerprint density at radius 1 is 0.974 bits per heavy atom. The number of halogens is 1. The number of furan rings is 1. The summed E-state index contributed by atoms with van der Waals surface area (Å²) in [4.78, 5) is 40.8. The third kappa shape index (κ3) is 6.13. The van der Waals surface area contributed by atoms with Gasteiger partial charge in [-0.3, -0.25) is 14.5 Å². The standard InChI is InChI=1S/C30H26ClN3O5/c1-19-6-2-9-22(14-19)28(35)33-24-11-4-8-21(16-24)27-26(29(36)32-17-25-12-5-13-38-25)34(30(37)39-27)18-20-7-3-10-23(31)15-20/h2-16,26-27H,17-18H2,1H3,(H,32,36)(H,33,35)/t26-,27-/m1/s1. The normalized spacial score (nSPS) is 16.6. The Labute approximate surface area is 230 Å². The van der Waals surface area contributed by atoms with Gasteiger partial charge in [0.25, 0.3) is 5.91 Å². The molecule has 0 radical (unpaired) electrons. The van der Waals surface area contributed by atoms with Crippen LogP contribution in [0.4, 0.5) is 10.5 Å². The molecule has 0 spiro atoms. The van der Waals surface area contributed by atoms with Crippen LogP contribution in [0.25, 0.3) is 0 Å². The summed E-state index contributed by atoms with van der Waals surface area (Å²) in [6.07, 6.45) is -0.0227. The minimum Gasteiger partial charge on any atom is -0.467 e. The highest BCUT2D eigenvalue weighted by Crippen LogP contribution is 2.35. The Morgan fingerprint density at radius 2 is 1.79 bits per heavy atom. The van der Waals surface area contributed by atoms with Crippen LogP contribution in [-0.2, 0) is 22.6 Å². The number of cyclic esters (lactones) is 1. The predicted molar refractivity (Wildman–Crippen MR) is 146 cm³/mol. The molecular formula is C30H26ClN3O5. The maximum atomic E-state index is 13.5. The minimum absolute atomic E-state index is 0.124. The molecule has 5 rings (SSSR count). The van der Waals surface area contributed by atoms with E-state index in [0.717, 1.165) is 11.1 Å². The first-order chi connectivity index (χ1) is 18.9. The molecule has 2 N–H and O–H groups in total. The number of ether oxygens (including phenoxy) is 1. The molecule has 198 valence electrons. The fourth-order valence-corrected chi connectivity index (χ4v) is 4.73. The van der Waals surface area contributed by atoms with Crippen molar-refractivity contribution >= 4 is 35.2 Å². The Hall–Kier alpha value is -4.56. The summed E-state index contributed by atoms with van der Waals surface area (Å²) >= 11 is 6.15. The van der Waals surface area contributed by atoms with Gasteiger partial charge in [0.1, 0.15) is 5.76 Å². The van der Waals surface area contributed by atoms with Crippen molar-refractivity contribution in [3.8, 4) is 0 Å². The van der Waals surface area contributed by atoms with Crippen molar-refractivity contribution in [3.63, 3.8) is 0 Å². The first-order valence-electron chi connectivity index (χ1n) is 12.4. The molecule has 8 nitrogen and oxygen atoms in total. The Balaban J connectivity index is 1.41. The van der Waals surface area contributed by atoms with E-state index < -0.39 is 24.1 Å². The summed E-state index contributed by atoms with van der Waals surface area (Å²) in [6.45, 7) is 2.19.